The number of carboxylic acid groups (broad SMARTS) is 2. The third-order valence-electron chi connectivity index (χ3n) is 0.333. The Morgan fingerprint density at radius 1 is 1.17 bits per heavy atom. The number of hydrogen-bond acceptors (Lipinski definition) is 5. The lowest BCUT2D eigenvalue weighted by molar-refractivity contribution is 0.137. The SMILES string of the molecule is CCON.CCON.O=C(O)O. The van der Waals surface area contributed by atoms with Crippen LogP contribution in [0.15, 0.2) is 0 Å². The monoisotopic (exact) mass is 184 g/mol. The van der Waals surface area contributed by atoms with Gasteiger partial charge >= 0.3 is 6.16 Å². The van der Waals surface area contributed by atoms with Crippen LogP contribution in [0.5, 0.6) is 0 Å². The minimum absolute atomic E-state index is 0.597. The van der Waals surface area contributed by atoms with Crippen molar-refractivity contribution >= 4 is 6.16 Å². The Labute approximate surface area is 70.8 Å². The van der Waals surface area contributed by atoms with Gasteiger partial charge in [-0.1, -0.05) is 0 Å². The Bertz CT molecular complexity index is 68.2. The molecule has 6 N–H and O–H groups in total. The second-order valence-electron chi connectivity index (χ2n) is 1.19. The van der Waals surface area contributed by atoms with E-state index < -0.39 is 6.16 Å². The van der Waals surface area contributed by atoms with Gasteiger partial charge in [-0.3, -0.25) is 0 Å². The molecule has 0 aliphatic carbocycles. The van der Waals surface area contributed by atoms with Crippen LogP contribution in [0.1, 0.15) is 13.8 Å². The predicted octanol–water partition coefficient (Wildman–Crippen LogP) is 0.0156. The fourth-order valence-electron chi connectivity index (χ4n) is 0. The van der Waals surface area contributed by atoms with Gasteiger partial charge in [0, 0.05) is 0 Å². The van der Waals surface area contributed by atoms with Gasteiger partial charge in [-0.05, 0) is 13.8 Å². The minimum Gasteiger partial charge on any atom is -0.450 e. The van der Waals surface area contributed by atoms with Crippen molar-refractivity contribution in [2.45, 2.75) is 13.8 Å². The van der Waals surface area contributed by atoms with Crippen LogP contribution >= 0.6 is 0 Å². The van der Waals surface area contributed by atoms with E-state index in [1.807, 2.05) is 13.8 Å². The van der Waals surface area contributed by atoms with E-state index in [1.54, 1.807) is 0 Å². The fraction of sp³-hybridized carbons (Fsp3) is 0.800. The maximum Gasteiger partial charge on any atom is 0.503 e. The van der Waals surface area contributed by atoms with Crippen molar-refractivity contribution < 1.29 is 24.7 Å². The van der Waals surface area contributed by atoms with Crippen LogP contribution in [-0.2, 0) is 9.68 Å². The van der Waals surface area contributed by atoms with E-state index in [2.05, 4.69) is 21.5 Å². The molecule has 0 spiro atoms. The highest BCUT2D eigenvalue weighted by atomic mass is 16.6. The summed E-state index contributed by atoms with van der Waals surface area (Å²) in [6.07, 6.45) is -1.83. The zero-order chi connectivity index (χ0) is 10.4. The van der Waals surface area contributed by atoms with E-state index in [9.17, 15) is 0 Å². The van der Waals surface area contributed by atoms with Crippen molar-refractivity contribution in [1.29, 1.82) is 0 Å². The first kappa shape index (κ1) is 17.3. The lowest BCUT2D eigenvalue weighted by Gasteiger charge is -1.76. The predicted molar refractivity (Wildman–Crippen MR) is 42.3 cm³/mol. The Hall–Kier alpha value is -0.890. The Morgan fingerprint density at radius 3 is 1.25 bits per heavy atom. The van der Waals surface area contributed by atoms with Gasteiger partial charge in [0.25, 0.3) is 0 Å². The average Bonchev–Trinajstić information content (AvgIpc) is 2.03. The highest BCUT2D eigenvalue weighted by Gasteiger charge is 1.70. The summed E-state index contributed by atoms with van der Waals surface area (Å²) in [5, 5.41) is 13.9. The molecule has 0 rings (SSSR count). The Balaban J connectivity index is -0.000000101. The molecule has 0 aromatic heterocycles. The maximum atomic E-state index is 8.56. The summed E-state index contributed by atoms with van der Waals surface area (Å²) in [4.78, 5) is 16.6. The molecule has 0 aromatic rings. The van der Waals surface area contributed by atoms with Crippen LogP contribution in [0.2, 0.25) is 0 Å². The van der Waals surface area contributed by atoms with Crippen molar-refractivity contribution in [2.75, 3.05) is 13.2 Å². The van der Waals surface area contributed by atoms with E-state index in [0.717, 1.165) is 0 Å². The molecule has 76 valence electrons. The molecule has 0 saturated heterocycles. The van der Waals surface area contributed by atoms with Gasteiger partial charge in [0.05, 0.1) is 13.2 Å². The second-order valence-corrected chi connectivity index (χ2v) is 1.19. The molecule has 0 atom stereocenters. The summed E-state index contributed by atoms with van der Waals surface area (Å²) < 4.78 is 0. The van der Waals surface area contributed by atoms with E-state index >= 15 is 0 Å². The second kappa shape index (κ2) is 22.5. The topological polar surface area (TPSA) is 128 Å². The summed E-state index contributed by atoms with van der Waals surface area (Å²) in [5.74, 6) is 9.06. The smallest absolute Gasteiger partial charge is 0.450 e. The zero-order valence-electron chi connectivity index (χ0n) is 7.19. The molecule has 7 heteroatoms. The molecule has 0 saturated carbocycles. The molecule has 0 amide bonds. The highest BCUT2D eigenvalue weighted by Crippen LogP contribution is 1.46. The summed E-state index contributed by atoms with van der Waals surface area (Å²) in [6, 6.07) is 0. The van der Waals surface area contributed by atoms with E-state index in [1.165, 1.54) is 0 Å². The molecule has 0 unspecified atom stereocenters. The first-order valence-corrected chi connectivity index (χ1v) is 3.11. The van der Waals surface area contributed by atoms with Crippen LogP contribution in [-0.4, -0.2) is 29.6 Å². The van der Waals surface area contributed by atoms with Gasteiger partial charge in [-0.2, -0.15) is 0 Å². The number of nitrogens with two attached hydrogens (primary N) is 2. The van der Waals surface area contributed by atoms with Crippen LogP contribution in [0.25, 0.3) is 0 Å². The van der Waals surface area contributed by atoms with Crippen LogP contribution in [0.4, 0.5) is 4.79 Å². The summed E-state index contributed by atoms with van der Waals surface area (Å²) in [7, 11) is 0. The molecular weight excluding hydrogens is 168 g/mol. The average molecular weight is 184 g/mol. The number of hydrogen-bond donors (Lipinski definition) is 4. The summed E-state index contributed by atoms with van der Waals surface area (Å²) >= 11 is 0. The quantitative estimate of drug-likeness (QED) is 0.445. The lowest BCUT2D eigenvalue weighted by atomic mass is 10.9. The standard InChI is InChI=1S/2C2H7NO.CH2O3/c2*1-2-4-3;2-1(3)4/h2*2-3H2,1H3;(H2,2,3,4). The van der Waals surface area contributed by atoms with Crippen molar-refractivity contribution in [3.8, 4) is 0 Å². The van der Waals surface area contributed by atoms with Gasteiger partial charge in [0.1, 0.15) is 0 Å². The van der Waals surface area contributed by atoms with Crippen molar-refractivity contribution in [3.63, 3.8) is 0 Å². The van der Waals surface area contributed by atoms with E-state index in [-0.39, 0.29) is 0 Å². The largest absolute Gasteiger partial charge is 0.503 e. The minimum atomic E-state index is -1.83. The first-order valence-electron chi connectivity index (χ1n) is 3.11. The molecule has 0 radical (unpaired) electrons. The van der Waals surface area contributed by atoms with Crippen molar-refractivity contribution in [3.05, 3.63) is 0 Å². The lowest BCUT2D eigenvalue weighted by Crippen LogP contribution is -1.94. The normalized spacial score (nSPS) is 7.00. The van der Waals surface area contributed by atoms with Gasteiger partial charge < -0.3 is 19.9 Å². The Kier molecular flexibility index (Phi) is 32.3. The first-order chi connectivity index (χ1) is 5.56. The summed E-state index contributed by atoms with van der Waals surface area (Å²) in [6.45, 7) is 4.86. The van der Waals surface area contributed by atoms with Crippen molar-refractivity contribution in [1.82, 2.24) is 0 Å². The zero-order valence-corrected chi connectivity index (χ0v) is 7.19. The molecular formula is C5H16N2O5. The van der Waals surface area contributed by atoms with Gasteiger partial charge in [0.15, 0.2) is 0 Å². The Morgan fingerprint density at radius 2 is 1.25 bits per heavy atom. The van der Waals surface area contributed by atoms with Crippen molar-refractivity contribution in [2.24, 2.45) is 11.8 Å². The summed E-state index contributed by atoms with van der Waals surface area (Å²) in [5.41, 5.74) is 0. The molecule has 0 aliphatic rings. The molecule has 0 heterocycles. The maximum absolute atomic E-state index is 8.56. The van der Waals surface area contributed by atoms with Gasteiger partial charge in [0.2, 0.25) is 0 Å². The van der Waals surface area contributed by atoms with E-state index in [4.69, 9.17) is 15.0 Å². The number of carbonyl (C=O) groups is 1. The fourth-order valence-corrected chi connectivity index (χ4v) is 0. The van der Waals surface area contributed by atoms with Gasteiger partial charge in [-0.15, -0.1) is 0 Å². The molecule has 0 aromatic carbocycles. The van der Waals surface area contributed by atoms with Gasteiger partial charge in [-0.25, -0.2) is 16.6 Å². The molecule has 12 heavy (non-hydrogen) atoms. The molecule has 0 aliphatic heterocycles. The third kappa shape index (κ3) is 486. The molecule has 7 nitrogen and oxygen atoms in total. The number of rotatable bonds is 2. The van der Waals surface area contributed by atoms with Crippen LogP contribution in [0, 0.1) is 0 Å². The van der Waals surface area contributed by atoms with Crippen LogP contribution in [0.3, 0.4) is 0 Å². The molecule has 0 bridgehead atoms. The third-order valence-corrected chi connectivity index (χ3v) is 0.333. The molecule has 0 fully saturated rings. The highest BCUT2D eigenvalue weighted by molar-refractivity contribution is 5.53. The van der Waals surface area contributed by atoms with E-state index in [0.29, 0.717) is 13.2 Å². The van der Waals surface area contributed by atoms with Crippen LogP contribution < -0.4 is 11.8 Å².